The first-order valence-electron chi connectivity index (χ1n) is 5.20. The van der Waals surface area contributed by atoms with Gasteiger partial charge in [0.2, 0.25) is 0 Å². The second kappa shape index (κ2) is 4.56. The highest BCUT2D eigenvalue weighted by Gasteiger charge is 2.31. The van der Waals surface area contributed by atoms with E-state index in [1.165, 1.54) is 6.07 Å². The van der Waals surface area contributed by atoms with Gasteiger partial charge in [-0.1, -0.05) is 18.3 Å². The predicted octanol–water partition coefficient (Wildman–Crippen LogP) is 0.00170. The molecule has 1 fully saturated rings. The van der Waals surface area contributed by atoms with E-state index in [9.17, 15) is 14.6 Å². The normalized spacial score (nSPS) is 24.1. The molecule has 0 aliphatic carbocycles. The molecule has 1 aliphatic heterocycles. The Balaban J connectivity index is 2.39. The summed E-state index contributed by atoms with van der Waals surface area (Å²) in [6, 6.07) is 4.49. The largest absolute Gasteiger partial charge is 0.389 e. The van der Waals surface area contributed by atoms with Crippen molar-refractivity contribution in [3.63, 3.8) is 0 Å². The maximum atomic E-state index is 13.6. The molecule has 1 heterocycles. The first-order valence-corrected chi connectivity index (χ1v) is 5.61. The molecule has 0 spiro atoms. The van der Waals surface area contributed by atoms with E-state index >= 15 is 0 Å². The summed E-state index contributed by atoms with van der Waals surface area (Å²) >= 11 is 4.82. The number of aliphatic hydroxyl groups excluding tert-OH is 2. The number of hydrogen-bond acceptors (Lipinski definition) is 4. The van der Waals surface area contributed by atoms with Gasteiger partial charge in [-0.25, -0.2) is 4.39 Å². The lowest BCUT2D eigenvalue weighted by Crippen LogP contribution is -2.25. The van der Waals surface area contributed by atoms with Crippen LogP contribution in [-0.4, -0.2) is 40.5 Å². The van der Waals surface area contributed by atoms with Gasteiger partial charge in [0, 0.05) is 13.1 Å². The minimum absolute atomic E-state index is 0.0334. The zero-order chi connectivity index (χ0) is 12.6. The van der Waals surface area contributed by atoms with Crippen molar-refractivity contribution in [2.45, 2.75) is 12.2 Å². The fourth-order valence-electron chi connectivity index (χ4n) is 1.99. The molecule has 0 aromatic heterocycles. The van der Waals surface area contributed by atoms with Crippen molar-refractivity contribution >= 4 is 22.9 Å². The van der Waals surface area contributed by atoms with E-state index in [0.29, 0.717) is 5.69 Å². The van der Waals surface area contributed by atoms with Gasteiger partial charge in [0.25, 0.3) is 0 Å². The summed E-state index contributed by atoms with van der Waals surface area (Å²) < 4.78 is 13.6. The van der Waals surface area contributed by atoms with Crippen LogP contribution in [-0.2, 0) is 0 Å². The van der Waals surface area contributed by atoms with Crippen LogP contribution in [0.1, 0.15) is 5.56 Å². The van der Waals surface area contributed by atoms with Crippen LogP contribution in [0.5, 0.6) is 0 Å². The minimum Gasteiger partial charge on any atom is -0.389 e. The van der Waals surface area contributed by atoms with E-state index in [2.05, 4.69) is 0 Å². The van der Waals surface area contributed by atoms with Crippen LogP contribution in [0.2, 0.25) is 0 Å². The third-order valence-electron chi connectivity index (χ3n) is 2.84. The van der Waals surface area contributed by atoms with Gasteiger partial charge in [-0.05, 0) is 12.1 Å². The summed E-state index contributed by atoms with van der Waals surface area (Å²) in [6.45, 7) is 0.473. The van der Waals surface area contributed by atoms with Crippen molar-refractivity contribution < 1.29 is 14.6 Å². The highest BCUT2D eigenvalue weighted by Crippen LogP contribution is 2.26. The number of nitrogens with zero attached hydrogens (tertiary/aromatic N) is 1. The number of halogens is 1. The molecule has 2 atom stereocenters. The Bertz CT molecular complexity index is 445. The van der Waals surface area contributed by atoms with Crippen LogP contribution < -0.4 is 10.6 Å². The van der Waals surface area contributed by atoms with Gasteiger partial charge in [0.05, 0.1) is 23.5 Å². The quantitative estimate of drug-likeness (QED) is 0.650. The van der Waals surface area contributed by atoms with Gasteiger partial charge in [0.15, 0.2) is 0 Å². The van der Waals surface area contributed by atoms with Crippen molar-refractivity contribution in [2.75, 3.05) is 18.0 Å². The summed E-state index contributed by atoms with van der Waals surface area (Å²) in [7, 11) is 0. The molecular formula is C11H13FN2O2S. The number of β-amino-alcohol motifs (C(OH)–C–C–N with tert-alkyl or cyclic N) is 2. The highest BCUT2D eigenvalue weighted by atomic mass is 32.1. The van der Waals surface area contributed by atoms with E-state index in [1.54, 1.807) is 17.0 Å². The van der Waals surface area contributed by atoms with Gasteiger partial charge in [-0.15, -0.1) is 0 Å². The molecule has 1 aromatic rings. The van der Waals surface area contributed by atoms with Crippen molar-refractivity contribution in [2.24, 2.45) is 5.73 Å². The lowest BCUT2D eigenvalue weighted by molar-refractivity contribution is 0.0572. The lowest BCUT2D eigenvalue weighted by atomic mass is 10.1. The van der Waals surface area contributed by atoms with Crippen LogP contribution in [0.25, 0.3) is 0 Å². The number of rotatable bonds is 2. The summed E-state index contributed by atoms with van der Waals surface area (Å²) in [5.74, 6) is -0.495. The lowest BCUT2D eigenvalue weighted by Gasteiger charge is -2.21. The maximum absolute atomic E-state index is 13.6. The zero-order valence-electron chi connectivity index (χ0n) is 9.01. The van der Waals surface area contributed by atoms with Gasteiger partial charge >= 0.3 is 0 Å². The number of anilines is 1. The highest BCUT2D eigenvalue weighted by molar-refractivity contribution is 7.80. The molecule has 1 aromatic carbocycles. The monoisotopic (exact) mass is 256 g/mol. The van der Waals surface area contributed by atoms with E-state index in [4.69, 9.17) is 18.0 Å². The second-order valence-electron chi connectivity index (χ2n) is 4.04. The van der Waals surface area contributed by atoms with Crippen LogP contribution in [0.3, 0.4) is 0 Å². The van der Waals surface area contributed by atoms with E-state index in [-0.39, 0.29) is 23.6 Å². The Morgan fingerprint density at radius 2 is 1.94 bits per heavy atom. The summed E-state index contributed by atoms with van der Waals surface area (Å²) in [5, 5.41) is 19.0. The maximum Gasteiger partial charge on any atom is 0.135 e. The number of benzene rings is 1. The van der Waals surface area contributed by atoms with Crippen molar-refractivity contribution in [3.05, 3.63) is 29.6 Å². The molecule has 0 bridgehead atoms. The van der Waals surface area contributed by atoms with E-state index in [0.717, 1.165) is 0 Å². The van der Waals surface area contributed by atoms with Crippen LogP contribution in [0.4, 0.5) is 10.1 Å². The van der Waals surface area contributed by atoms with Crippen LogP contribution in [0.15, 0.2) is 18.2 Å². The smallest absolute Gasteiger partial charge is 0.135 e. The average molecular weight is 256 g/mol. The van der Waals surface area contributed by atoms with E-state index in [1.807, 2.05) is 0 Å². The first-order chi connectivity index (χ1) is 8.00. The molecule has 6 heteroatoms. The first kappa shape index (κ1) is 12.2. The molecule has 2 unspecified atom stereocenters. The molecule has 2 rings (SSSR count). The van der Waals surface area contributed by atoms with Crippen molar-refractivity contribution in [1.29, 1.82) is 0 Å². The Morgan fingerprint density at radius 1 is 1.35 bits per heavy atom. The molecule has 4 N–H and O–H groups in total. The van der Waals surface area contributed by atoms with Crippen LogP contribution in [0, 0.1) is 5.82 Å². The van der Waals surface area contributed by atoms with Crippen molar-refractivity contribution in [3.8, 4) is 0 Å². The minimum atomic E-state index is -0.836. The zero-order valence-corrected chi connectivity index (χ0v) is 9.82. The molecular weight excluding hydrogens is 243 g/mol. The standard InChI is InChI=1S/C11H13FN2O2S/c12-6-2-1-3-7(10(6)11(13)17)14-4-8(15)9(16)5-14/h1-3,8-9,15-16H,4-5H2,(H2,13,17). The molecule has 0 radical (unpaired) electrons. The molecule has 0 saturated carbocycles. The fourth-order valence-corrected chi connectivity index (χ4v) is 2.19. The number of nitrogens with two attached hydrogens (primary N) is 1. The number of aliphatic hydroxyl groups is 2. The Labute approximate surface area is 103 Å². The topological polar surface area (TPSA) is 69.7 Å². The summed E-state index contributed by atoms with van der Waals surface area (Å²) in [5.41, 5.74) is 6.16. The number of thiocarbonyl (C=S) groups is 1. The average Bonchev–Trinajstić information content (AvgIpc) is 2.58. The van der Waals surface area contributed by atoms with Crippen molar-refractivity contribution in [1.82, 2.24) is 0 Å². The molecule has 1 aliphatic rings. The Kier molecular flexibility index (Phi) is 3.28. The van der Waals surface area contributed by atoms with Gasteiger partial charge in [0.1, 0.15) is 10.8 Å². The van der Waals surface area contributed by atoms with Gasteiger partial charge < -0.3 is 20.8 Å². The molecule has 17 heavy (non-hydrogen) atoms. The van der Waals surface area contributed by atoms with Gasteiger partial charge in [-0.2, -0.15) is 0 Å². The van der Waals surface area contributed by atoms with E-state index < -0.39 is 18.0 Å². The summed E-state index contributed by atoms with van der Waals surface area (Å²) in [6.07, 6.45) is -1.67. The Morgan fingerprint density at radius 3 is 2.47 bits per heavy atom. The Hall–Kier alpha value is -1.24. The van der Waals surface area contributed by atoms with Gasteiger partial charge in [-0.3, -0.25) is 0 Å². The second-order valence-corrected chi connectivity index (χ2v) is 4.48. The third-order valence-corrected chi connectivity index (χ3v) is 3.04. The number of hydrogen-bond donors (Lipinski definition) is 3. The van der Waals surface area contributed by atoms with Crippen LogP contribution >= 0.6 is 12.2 Å². The molecule has 1 saturated heterocycles. The fraction of sp³-hybridized carbons (Fsp3) is 0.364. The molecule has 0 amide bonds. The molecule has 92 valence electrons. The summed E-state index contributed by atoms with van der Waals surface area (Å²) in [4.78, 5) is 1.64. The third kappa shape index (κ3) is 2.24. The molecule has 4 nitrogen and oxygen atoms in total. The predicted molar refractivity (Wildman–Crippen MR) is 66.5 cm³/mol. The SMILES string of the molecule is NC(=S)c1c(F)cccc1N1CC(O)C(O)C1.